The Labute approximate surface area is 91.1 Å². The van der Waals surface area contributed by atoms with E-state index in [-0.39, 0.29) is 11.4 Å². The zero-order chi connectivity index (χ0) is 11.6. The predicted molar refractivity (Wildman–Crippen MR) is 52.7 cm³/mol. The van der Waals surface area contributed by atoms with Crippen LogP contribution in [0.3, 0.4) is 0 Å². The van der Waals surface area contributed by atoms with Crippen LogP contribution >= 0.6 is 11.6 Å². The molecule has 2 unspecified atom stereocenters. The van der Waals surface area contributed by atoms with Crippen LogP contribution in [0.1, 0.15) is 12.5 Å². The van der Waals surface area contributed by atoms with Crippen LogP contribution in [-0.2, 0) is 5.60 Å². The van der Waals surface area contributed by atoms with Crippen molar-refractivity contribution < 1.29 is 19.0 Å². The third-order valence-electron chi connectivity index (χ3n) is 2.29. The molecule has 0 aliphatic carbocycles. The first-order valence-electron chi connectivity index (χ1n) is 4.33. The molecule has 0 saturated carbocycles. The molecule has 1 aromatic rings. The first kappa shape index (κ1) is 12.4. The summed E-state index contributed by atoms with van der Waals surface area (Å²) in [5.74, 6) is -2.06. The lowest BCUT2D eigenvalue weighted by molar-refractivity contribution is -0.0563. The Balaban J connectivity index is 3.24. The van der Waals surface area contributed by atoms with Crippen LogP contribution in [0.5, 0.6) is 0 Å². The fourth-order valence-corrected chi connectivity index (χ4v) is 1.62. The van der Waals surface area contributed by atoms with Gasteiger partial charge in [-0.3, -0.25) is 0 Å². The molecule has 0 amide bonds. The van der Waals surface area contributed by atoms with Crippen molar-refractivity contribution in [2.24, 2.45) is 0 Å². The molecule has 1 aromatic carbocycles. The first-order chi connectivity index (χ1) is 6.91. The van der Waals surface area contributed by atoms with Gasteiger partial charge in [-0.2, -0.15) is 0 Å². The zero-order valence-corrected chi connectivity index (χ0v) is 8.80. The van der Waals surface area contributed by atoms with Gasteiger partial charge in [-0.05, 0) is 13.0 Å². The van der Waals surface area contributed by atoms with Gasteiger partial charge in [-0.15, -0.1) is 11.6 Å². The number of alkyl halides is 1. The molecule has 84 valence electrons. The van der Waals surface area contributed by atoms with Crippen LogP contribution in [0.2, 0.25) is 0 Å². The van der Waals surface area contributed by atoms with Crippen LogP contribution in [0.25, 0.3) is 0 Å². The summed E-state index contributed by atoms with van der Waals surface area (Å²) in [5, 5.41) is 19.2. The van der Waals surface area contributed by atoms with Crippen molar-refractivity contribution in [2.75, 3.05) is 5.88 Å². The minimum atomic E-state index is -1.90. The minimum absolute atomic E-state index is 0.214. The van der Waals surface area contributed by atoms with Crippen molar-refractivity contribution in [1.29, 1.82) is 0 Å². The van der Waals surface area contributed by atoms with E-state index in [1.165, 1.54) is 6.92 Å². The lowest BCUT2D eigenvalue weighted by Crippen LogP contribution is -2.40. The molecule has 2 nitrogen and oxygen atoms in total. The highest BCUT2D eigenvalue weighted by molar-refractivity contribution is 6.18. The van der Waals surface area contributed by atoms with Crippen molar-refractivity contribution in [3.05, 3.63) is 35.4 Å². The van der Waals surface area contributed by atoms with E-state index in [1.807, 2.05) is 0 Å². The van der Waals surface area contributed by atoms with Gasteiger partial charge < -0.3 is 10.2 Å². The number of hydrogen-bond donors (Lipinski definition) is 2. The third-order valence-corrected chi connectivity index (χ3v) is 2.70. The van der Waals surface area contributed by atoms with Crippen molar-refractivity contribution in [3.63, 3.8) is 0 Å². The Morgan fingerprint density at radius 3 is 2.47 bits per heavy atom. The van der Waals surface area contributed by atoms with E-state index in [0.717, 1.165) is 12.1 Å². The van der Waals surface area contributed by atoms with Gasteiger partial charge >= 0.3 is 0 Å². The maximum absolute atomic E-state index is 13.3. The van der Waals surface area contributed by atoms with Crippen LogP contribution in [0.15, 0.2) is 18.2 Å². The highest BCUT2D eigenvalue weighted by atomic mass is 35.5. The van der Waals surface area contributed by atoms with Crippen molar-refractivity contribution in [2.45, 2.75) is 18.6 Å². The van der Waals surface area contributed by atoms with Crippen LogP contribution in [-0.4, -0.2) is 22.2 Å². The van der Waals surface area contributed by atoms with Crippen LogP contribution < -0.4 is 0 Å². The summed E-state index contributed by atoms with van der Waals surface area (Å²) in [6, 6.07) is 2.70. The molecule has 2 atom stereocenters. The maximum Gasteiger partial charge on any atom is 0.132 e. The van der Waals surface area contributed by atoms with E-state index in [0.29, 0.717) is 6.07 Å². The lowest BCUT2D eigenvalue weighted by Gasteiger charge is -2.29. The van der Waals surface area contributed by atoms with E-state index in [1.54, 1.807) is 0 Å². The minimum Gasteiger partial charge on any atom is -0.390 e. The molecule has 0 saturated heterocycles. The molecule has 0 fully saturated rings. The second-order valence-corrected chi connectivity index (χ2v) is 3.63. The van der Waals surface area contributed by atoms with E-state index in [4.69, 9.17) is 11.6 Å². The highest BCUT2D eigenvalue weighted by Gasteiger charge is 2.36. The Morgan fingerprint density at radius 2 is 2.07 bits per heavy atom. The molecular formula is C10H11ClF2O2. The monoisotopic (exact) mass is 236 g/mol. The van der Waals surface area contributed by atoms with Gasteiger partial charge in [0.1, 0.15) is 17.2 Å². The fourth-order valence-electron chi connectivity index (χ4n) is 1.25. The molecule has 0 aliphatic rings. The number of benzene rings is 1. The smallest absolute Gasteiger partial charge is 0.132 e. The largest absolute Gasteiger partial charge is 0.390 e. The Hall–Kier alpha value is -0.710. The van der Waals surface area contributed by atoms with Gasteiger partial charge in [0.05, 0.1) is 12.0 Å². The van der Waals surface area contributed by atoms with Crippen molar-refractivity contribution >= 4 is 11.6 Å². The average molecular weight is 237 g/mol. The number of halogens is 3. The van der Waals surface area contributed by atoms with Crippen molar-refractivity contribution in [3.8, 4) is 0 Å². The summed E-state index contributed by atoms with van der Waals surface area (Å²) in [4.78, 5) is 0. The summed E-state index contributed by atoms with van der Waals surface area (Å²) in [6.07, 6.45) is -1.25. The predicted octanol–water partition coefficient (Wildman–Crippen LogP) is 1.77. The van der Waals surface area contributed by atoms with Gasteiger partial charge in [0, 0.05) is 11.6 Å². The fraction of sp³-hybridized carbons (Fsp3) is 0.400. The SMILES string of the molecule is CC(O)C(O)(CCl)c1ccc(F)cc1F. The number of hydrogen-bond acceptors (Lipinski definition) is 2. The Bertz CT molecular complexity index is 357. The lowest BCUT2D eigenvalue weighted by atomic mass is 9.90. The Kier molecular flexibility index (Phi) is 3.65. The first-order valence-corrected chi connectivity index (χ1v) is 4.87. The third kappa shape index (κ3) is 2.27. The van der Waals surface area contributed by atoms with Crippen LogP contribution in [0.4, 0.5) is 8.78 Å². The maximum atomic E-state index is 13.3. The molecule has 5 heteroatoms. The number of rotatable bonds is 3. The summed E-state index contributed by atoms with van der Waals surface area (Å²) in [7, 11) is 0. The molecule has 0 bridgehead atoms. The summed E-state index contributed by atoms with van der Waals surface area (Å²) in [5.41, 5.74) is -2.12. The summed E-state index contributed by atoms with van der Waals surface area (Å²) in [6.45, 7) is 1.28. The molecule has 15 heavy (non-hydrogen) atoms. The number of aliphatic hydroxyl groups excluding tert-OH is 1. The Morgan fingerprint density at radius 1 is 1.47 bits per heavy atom. The van der Waals surface area contributed by atoms with Crippen LogP contribution in [0, 0.1) is 11.6 Å². The summed E-state index contributed by atoms with van der Waals surface area (Å²) < 4.78 is 25.9. The highest BCUT2D eigenvalue weighted by Crippen LogP contribution is 2.29. The summed E-state index contributed by atoms with van der Waals surface area (Å²) >= 11 is 5.48. The number of aliphatic hydroxyl groups is 2. The molecular weight excluding hydrogens is 226 g/mol. The normalized spacial score (nSPS) is 17.2. The van der Waals surface area contributed by atoms with E-state index in [2.05, 4.69) is 0 Å². The quantitative estimate of drug-likeness (QED) is 0.786. The van der Waals surface area contributed by atoms with Gasteiger partial charge in [-0.1, -0.05) is 6.07 Å². The molecule has 0 aliphatic heterocycles. The second-order valence-electron chi connectivity index (χ2n) is 3.36. The molecule has 0 spiro atoms. The average Bonchev–Trinajstić information content (AvgIpc) is 2.16. The molecule has 0 heterocycles. The van der Waals surface area contributed by atoms with Gasteiger partial charge in [-0.25, -0.2) is 8.78 Å². The molecule has 0 aromatic heterocycles. The van der Waals surface area contributed by atoms with Gasteiger partial charge in [0.15, 0.2) is 0 Å². The van der Waals surface area contributed by atoms with Gasteiger partial charge in [0.2, 0.25) is 0 Å². The standard InChI is InChI=1S/C10H11ClF2O2/c1-6(14)10(15,5-11)8-3-2-7(12)4-9(8)13/h2-4,6,14-15H,5H2,1H3. The van der Waals surface area contributed by atoms with Gasteiger partial charge in [0.25, 0.3) is 0 Å². The molecule has 2 N–H and O–H groups in total. The topological polar surface area (TPSA) is 40.5 Å². The van der Waals surface area contributed by atoms with E-state index in [9.17, 15) is 19.0 Å². The zero-order valence-electron chi connectivity index (χ0n) is 8.04. The molecule has 1 rings (SSSR count). The second kappa shape index (κ2) is 4.43. The van der Waals surface area contributed by atoms with E-state index < -0.39 is 23.3 Å². The van der Waals surface area contributed by atoms with Crippen molar-refractivity contribution in [1.82, 2.24) is 0 Å². The van der Waals surface area contributed by atoms with E-state index >= 15 is 0 Å². The molecule has 0 radical (unpaired) electrons.